The highest BCUT2D eigenvalue weighted by Gasteiger charge is 2.10. The van der Waals surface area contributed by atoms with Crippen molar-refractivity contribution in [3.05, 3.63) is 58.7 Å². The van der Waals surface area contributed by atoms with Gasteiger partial charge in [0.15, 0.2) is 0 Å². The molecule has 0 aromatic heterocycles. The second-order valence-corrected chi connectivity index (χ2v) is 4.48. The van der Waals surface area contributed by atoms with Crippen molar-refractivity contribution in [2.45, 2.75) is 20.8 Å². The van der Waals surface area contributed by atoms with Gasteiger partial charge in [0.25, 0.3) is 0 Å². The predicted octanol–water partition coefficient (Wildman–Crippen LogP) is 4.63. The summed E-state index contributed by atoms with van der Waals surface area (Å²) in [5, 5.41) is 2.84. The van der Waals surface area contributed by atoms with Crippen molar-refractivity contribution < 1.29 is 8.78 Å². The largest absolute Gasteiger partial charge is 0.350 e. The van der Waals surface area contributed by atoms with Crippen LogP contribution in [-0.2, 0) is 0 Å². The van der Waals surface area contributed by atoms with E-state index in [0.29, 0.717) is 0 Å². The van der Waals surface area contributed by atoms with Gasteiger partial charge in [0.05, 0.1) is 0 Å². The molecule has 0 aliphatic rings. The summed E-state index contributed by atoms with van der Waals surface area (Å²) in [7, 11) is 0. The highest BCUT2D eigenvalue weighted by Crippen LogP contribution is 2.27. The van der Waals surface area contributed by atoms with E-state index < -0.39 is 11.6 Å². The minimum atomic E-state index is -0.589. The standard InChI is InChI=1S/C15H15F2N/c1-9-7-10(2)11(3)14(8-9)18-15-12(16)5-4-6-13(15)17/h4-8,18H,1-3H3. The average Bonchev–Trinajstić information content (AvgIpc) is 2.30. The van der Waals surface area contributed by atoms with Gasteiger partial charge in [-0.3, -0.25) is 0 Å². The van der Waals surface area contributed by atoms with Gasteiger partial charge in [0.1, 0.15) is 17.3 Å². The first-order chi connectivity index (χ1) is 8.49. The summed E-state index contributed by atoms with van der Waals surface area (Å²) in [5.74, 6) is -1.18. The lowest BCUT2D eigenvalue weighted by molar-refractivity contribution is 0.591. The van der Waals surface area contributed by atoms with Gasteiger partial charge in [0.2, 0.25) is 0 Å². The van der Waals surface area contributed by atoms with Gasteiger partial charge in [-0.15, -0.1) is 0 Å². The molecule has 2 aromatic rings. The van der Waals surface area contributed by atoms with Crippen LogP contribution in [0.15, 0.2) is 30.3 Å². The van der Waals surface area contributed by atoms with Crippen LogP contribution >= 0.6 is 0 Å². The molecule has 18 heavy (non-hydrogen) atoms. The first-order valence-electron chi connectivity index (χ1n) is 5.78. The summed E-state index contributed by atoms with van der Waals surface area (Å²) >= 11 is 0. The summed E-state index contributed by atoms with van der Waals surface area (Å²) in [4.78, 5) is 0. The van der Waals surface area contributed by atoms with Crippen molar-refractivity contribution in [3.8, 4) is 0 Å². The van der Waals surface area contributed by atoms with Crippen LogP contribution < -0.4 is 5.32 Å². The van der Waals surface area contributed by atoms with Crippen molar-refractivity contribution in [1.82, 2.24) is 0 Å². The molecule has 0 saturated heterocycles. The summed E-state index contributed by atoms with van der Waals surface area (Å²) in [6.45, 7) is 5.86. The van der Waals surface area contributed by atoms with Crippen LogP contribution in [0.5, 0.6) is 0 Å². The molecule has 0 amide bonds. The zero-order valence-electron chi connectivity index (χ0n) is 10.6. The third kappa shape index (κ3) is 2.35. The first-order valence-corrected chi connectivity index (χ1v) is 5.78. The maximum Gasteiger partial charge on any atom is 0.149 e. The molecule has 94 valence electrons. The van der Waals surface area contributed by atoms with Gasteiger partial charge in [0, 0.05) is 5.69 Å². The van der Waals surface area contributed by atoms with E-state index in [-0.39, 0.29) is 5.69 Å². The Bertz CT molecular complexity index is 571. The molecule has 0 heterocycles. The fourth-order valence-corrected chi connectivity index (χ4v) is 1.92. The van der Waals surface area contributed by atoms with Crippen LogP contribution in [0, 0.1) is 32.4 Å². The Kier molecular flexibility index (Phi) is 3.32. The lowest BCUT2D eigenvalue weighted by atomic mass is 10.0. The highest BCUT2D eigenvalue weighted by atomic mass is 19.1. The number of nitrogens with one attached hydrogen (secondary N) is 1. The Morgan fingerprint density at radius 3 is 2.17 bits per heavy atom. The lowest BCUT2D eigenvalue weighted by Crippen LogP contribution is -2.00. The molecule has 0 atom stereocenters. The van der Waals surface area contributed by atoms with Gasteiger partial charge in [-0.05, 0) is 55.7 Å². The third-order valence-corrected chi connectivity index (χ3v) is 3.03. The van der Waals surface area contributed by atoms with Crippen LogP contribution in [-0.4, -0.2) is 0 Å². The molecule has 0 spiro atoms. The normalized spacial score (nSPS) is 10.5. The number of halogens is 2. The minimum absolute atomic E-state index is 0.106. The minimum Gasteiger partial charge on any atom is -0.350 e. The van der Waals surface area contributed by atoms with Gasteiger partial charge in [-0.25, -0.2) is 8.78 Å². The van der Waals surface area contributed by atoms with E-state index in [4.69, 9.17) is 0 Å². The summed E-state index contributed by atoms with van der Waals surface area (Å²) < 4.78 is 27.1. The van der Waals surface area contributed by atoms with E-state index in [9.17, 15) is 8.78 Å². The van der Waals surface area contributed by atoms with E-state index >= 15 is 0 Å². The number of rotatable bonds is 2. The molecule has 0 aliphatic heterocycles. The fraction of sp³-hybridized carbons (Fsp3) is 0.200. The molecule has 1 N–H and O–H groups in total. The maximum atomic E-state index is 13.6. The van der Waals surface area contributed by atoms with Gasteiger partial charge in [-0.2, -0.15) is 0 Å². The summed E-state index contributed by atoms with van der Waals surface area (Å²) in [5.41, 5.74) is 3.76. The summed E-state index contributed by atoms with van der Waals surface area (Å²) in [6, 6.07) is 7.75. The Labute approximate surface area is 105 Å². The Morgan fingerprint density at radius 1 is 0.944 bits per heavy atom. The van der Waals surface area contributed by atoms with E-state index in [0.717, 1.165) is 22.4 Å². The Balaban J connectivity index is 2.46. The molecular weight excluding hydrogens is 232 g/mol. The SMILES string of the molecule is Cc1cc(C)c(C)c(Nc2c(F)cccc2F)c1. The molecule has 2 rings (SSSR count). The molecule has 3 heteroatoms. The van der Waals surface area contributed by atoms with Crippen molar-refractivity contribution in [2.75, 3.05) is 5.32 Å². The van der Waals surface area contributed by atoms with E-state index in [1.54, 1.807) is 0 Å². The van der Waals surface area contributed by atoms with Gasteiger partial charge < -0.3 is 5.32 Å². The van der Waals surface area contributed by atoms with Gasteiger partial charge in [-0.1, -0.05) is 12.1 Å². The average molecular weight is 247 g/mol. The van der Waals surface area contributed by atoms with Gasteiger partial charge >= 0.3 is 0 Å². The van der Waals surface area contributed by atoms with E-state index in [2.05, 4.69) is 5.32 Å². The van der Waals surface area contributed by atoms with E-state index in [1.807, 2.05) is 32.9 Å². The molecule has 0 saturated carbocycles. The van der Waals surface area contributed by atoms with Crippen LogP contribution in [0.2, 0.25) is 0 Å². The van der Waals surface area contributed by atoms with E-state index in [1.165, 1.54) is 18.2 Å². The van der Waals surface area contributed by atoms with Crippen LogP contribution in [0.25, 0.3) is 0 Å². The van der Waals surface area contributed by atoms with Crippen molar-refractivity contribution >= 4 is 11.4 Å². The molecule has 1 nitrogen and oxygen atoms in total. The number of hydrogen-bond donors (Lipinski definition) is 1. The molecule has 0 unspecified atom stereocenters. The Morgan fingerprint density at radius 2 is 1.56 bits per heavy atom. The predicted molar refractivity (Wildman–Crippen MR) is 70.3 cm³/mol. The van der Waals surface area contributed by atoms with Crippen LogP contribution in [0.4, 0.5) is 20.2 Å². The zero-order chi connectivity index (χ0) is 13.3. The molecule has 0 bridgehead atoms. The lowest BCUT2D eigenvalue weighted by Gasteiger charge is -2.14. The number of anilines is 2. The number of benzene rings is 2. The molecule has 0 fully saturated rings. The van der Waals surface area contributed by atoms with Crippen molar-refractivity contribution in [3.63, 3.8) is 0 Å². The first kappa shape index (κ1) is 12.6. The summed E-state index contributed by atoms with van der Waals surface area (Å²) in [6.07, 6.45) is 0. The number of aryl methyl sites for hydroxylation is 2. The number of hydrogen-bond acceptors (Lipinski definition) is 1. The maximum absolute atomic E-state index is 13.6. The monoisotopic (exact) mass is 247 g/mol. The third-order valence-electron chi connectivity index (χ3n) is 3.03. The van der Waals surface area contributed by atoms with Crippen LogP contribution in [0.3, 0.4) is 0 Å². The van der Waals surface area contributed by atoms with Crippen LogP contribution in [0.1, 0.15) is 16.7 Å². The van der Waals surface area contributed by atoms with Crippen molar-refractivity contribution in [2.24, 2.45) is 0 Å². The second-order valence-electron chi connectivity index (χ2n) is 4.48. The molecule has 0 radical (unpaired) electrons. The van der Waals surface area contributed by atoms with Crippen molar-refractivity contribution in [1.29, 1.82) is 0 Å². The number of para-hydroxylation sites is 1. The Hall–Kier alpha value is -1.90. The second kappa shape index (κ2) is 4.77. The molecule has 2 aromatic carbocycles. The molecular formula is C15H15F2N. The zero-order valence-corrected chi connectivity index (χ0v) is 10.6. The highest BCUT2D eigenvalue weighted by molar-refractivity contribution is 5.66. The smallest absolute Gasteiger partial charge is 0.149 e. The quantitative estimate of drug-likeness (QED) is 0.815. The fourth-order valence-electron chi connectivity index (χ4n) is 1.92. The topological polar surface area (TPSA) is 12.0 Å². The molecule has 0 aliphatic carbocycles.